The summed E-state index contributed by atoms with van der Waals surface area (Å²) in [7, 11) is 0. The fourth-order valence-electron chi connectivity index (χ4n) is 1.59. The molecular weight excluding hydrogens is 246 g/mol. The van der Waals surface area contributed by atoms with Crippen LogP contribution in [0.15, 0.2) is 41.3 Å². The van der Waals surface area contributed by atoms with Gasteiger partial charge >= 0.3 is 0 Å². The minimum atomic E-state index is -0.103. The molecule has 0 saturated heterocycles. The van der Waals surface area contributed by atoms with Crippen molar-refractivity contribution in [3.63, 3.8) is 0 Å². The maximum atomic E-state index is 11.7. The average Bonchev–Trinajstić information content (AvgIpc) is 2.33. The third kappa shape index (κ3) is 2.81. The van der Waals surface area contributed by atoms with E-state index in [-0.39, 0.29) is 5.56 Å². The van der Waals surface area contributed by atoms with Crippen LogP contribution in [-0.4, -0.2) is 14.8 Å². The summed E-state index contributed by atoms with van der Waals surface area (Å²) in [6, 6.07) is 9.04. The van der Waals surface area contributed by atoms with E-state index in [2.05, 4.69) is 5.10 Å². The van der Waals surface area contributed by atoms with E-state index in [1.54, 1.807) is 12.3 Å². The zero-order chi connectivity index (χ0) is 13.1. The Balaban J connectivity index is 2.23. The highest BCUT2D eigenvalue weighted by atomic mass is 32.1. The van der Waals surface area contributed by atoms with Gasteiger partial charge in [0.15, 0.2) is 0 Å². The summed E-state index contributed by atoms with van der Waals surface area (Å²) >= 11 is 4.88. The predicted molar refractivity (Wildman–Crippen MR) is 74.7 cm³/mol. The first kappa shape index (κ1) is 12.4. The standard InChI is InChI=1S/C13H13N3OS/c1-9-6-12(17)16(15-7-9)8-10-2-4-11(5-3-10)13(14)18/h2-7H,8H2,1H3,(H2,14,18). The van der Waals surface area contributed by atoms with Crippen molar-refractivity contribution in [3.05, 3.63) is 63.6 Å². The molecular formula is C13H13N3OS. The second-order valence-electron chi connectivity index (χ2n) is 4.09. The molecule has 0 bridgehead atoms. The monoisotopic (exact) mass is 259 g/mol. The van der Waals surface area contributed by atoms with Crippen LogP contribution in [0.3, 0.4) is 0 Å². The van der Waals surface area contributed by atoms with Crippen LogP contribution in [0, 0.1) is 6.92 Å². The van der Waals surface area contributed by atoms with Crippen LogP contribution >= 0.6 is 12.2 Å². The summed E-state index contributed by atoms with van der Waals surface area (Å²) in [5.74, 6) is 0. The first-order valence-electron chi connectivity index (χ1n) is 5.49. The second-order valence-corrected chi connectivity index (χ2v) is 4.53. The van der Waals surface area contributed by atoms with Gasteiger partial charge in [0.1, 0.15) is 4.99 Å². The second kappa shape index (κ2) is 5.10. The third-order valence-electron chi connectivity index (χ3n) is 2.58. The van der Waals surface area contributed by atoms with Crippen LogP contribution < -0.4 is 11.3 Å². The summed E-state index contributed by atoms with van der Waals surface area (Å²) in [5, 5.41) is 4.08. The van der Waals surface area contributed by atoms with Gasteiger partial charge in [0, 0.05) is 11.6 Å². The van der Waals surface area contributed by atoms with E-state index in [1.165, 1.54) is 4.68 Å². The number of aromatic nitrogens is 2. The molecule has 0 aliphatic carbocycles. The fraction of sp³-hybridized carbons (Fsp3) is 0.154. The van der Waals surface area contributed by atoms with Crippen molar-refractivity contribution in [2.45, 2.75) is 13.5 Å². The molecule has 0 aliphatic rings. The number of rotatable bonds is 3. The van der Waals surface area contributed by atoms with E-state index in [1.807, 2.05) is 31.2 Å². The lowest BCUT2D eigenvalue weighted by atomic mass is 10.1. The number of thiocarbonyl (C=S) groups is 1. The highest BCUT2D eigenvalue weighted by Gasteiger charge is 2.01. The Morgan fingerprint density at radius 1 is 1.39 bits per heavy atom. The molecule has 0 atom stereocenters. The van der Waals surface area contributed by atoms with Gasteiger partial charge in [-0.15, -0.1) is 0 Å². The predicted octanol–water partition coefficient (Wildman–Crippen LogP) is 1.23. The highest BCUT2D eigenvalue weighted by molar-refractivity contribution is 7.80. The maximum absolute atomic E-state index is 11.7. The molecule has 4 nitrogen and oxygen atoms in total. The largest absolute Gasteiger partial charge is 0.389 e. The number of hydrogen-bond acceptors (Lipinski definition) is 3. The lowest BCUT2D eigenvalue weighted by Crippen LogP contribution is -2.22. The van der Waals surface area contributed by atoms with Gasteiger partial charge in [-0.25, -0.2) is 4.68 Å². The quantitative estimate of drug-likeness (QED) is 0.842. The highest BCUT2D eigenvalue weighted by Crippen LogP contribution is 2.05. The molecule has 18 heavy (non-hydrogen) atoms. The van der Waals surface area contributed by atoms with E-state index >= 15 is 0 Å². The molecule has 0 amide bonds. The van der Waals surface area contributed by atoms with Gasteiger partial charge < -0.3 is 5.73 Å². The van der Waals surface area contributed by atoms with Crippen molar-refractivity contribution in [2.24, 2.45) is 5.73 Å². The van der Waals surface area contributed by atoms with Crippen molar-refractivity contribution in [3.8, 4) is 0 Å². The lowest BCUT2D eigenvalue weighted by Gasteiger charge is -2.05. The van der Waals surface area contributed by atoms with Gasteiger partial charge in [0.2, 0.25) is 0 Å². The molecule has 0 unspecified atom stereocenters. The zero-order valence-corrected chi connectivity index (χ0v) is 10.8. The minimum absolute atomic E-state index is 0.103. The molecule has 2 N–H and O–H groups in total. The maximum Gasteiger partial charge on any atom is 0.267 e. The molecule has 92 valence electrons. The Labute approximate surface area is 110 Å². The molecule has 0 saturated carbocycles. The Morgan fingerprint density at radius 2 is 2.06 bits per heavy atom. The third-order valence-corrected chi connectivity index (χ3v) is 2.81. The van der Waals surface area contributed by atoms with Crippen molar-refractivity contribution in [1.29, 1.82) is 0 Å². The topological polar surface area (TPSA) is 60.9 Å². The van der Waals surface area contributed by atoms with Gasteiger partial charge in [0.25, 0.3) is 5.56 Å². The van der Waals surface area contributed by atoms with E-state index in [4.69, 9.17) is 18.0 Å². The van der Waals surface area contributed by atoms with Crippen molar-refractivity contribution < 1.29 is 0 Å². The number of hydrogen-bond donors (Lipinski definition) is 1. The molecule has 0 aliphatic heterocycles. The number of nitrogens with two attached hydrogens (primary N) is 1. The molecule has 0 radical (unpaired) electrons. The first-order valence-corrected chi connectivity index (χ1v) is 5.89. The number of benzene rings is 1. The van der Waals surface area contributed by atoms with E-state index in [0.717, 1.165) is 16.7 Å². The smallest absolute Gasteiger partial charge is 0.267 e. The van der Waals surface area contributed by atoms with Crippen molar-refractivity contribution in [1.82, 2.24) is 9.78 Å². The van der Waals surface area contributed by atoms with Crippen LogP contribution in [0.5, 0.6) is 0 Å². The molecule has 5 heteroatoms. The molecule has 2 rings (SSSR count). The summed E-state index contributed by atoms with van der Waals surface area (Å²) in [6.07, 6.45) is 1.67. The van der Waals surface area contributed by atoms with Crippen LogP contribution in [0.1, 0.15) is 16.7 Å². The van der Waals surface area contributed by atoms with Crippen LogP contribution in [0.25, 0.3) is 0 Å². The first-order chi connectivity index (χ1) is 8.56. The number of aryl methyl sites for hydroxylation is 1. The zero-order valence-electron chi connectivity index (χ0n) is 9.96. The van der Waals surface area contributed by atoms with Crippen LogP contribution in [0.2, 0.25) is 0 Å². The fourth-order valence-corrected chi connectivity index (χ4v) is 1.73. The summed E-state index contributed by atoms with van der Waals surface area (Å²) in [5.41, 5.74) is 8.08. The minimum Gasteiger partial charge on any atom is -0.389 e. The van der Waals surface area contributed by atoms with Crippen molar-refractivity contribution in [2.75, 3.05) is 0 Å². The summed E-state index contributed by atoms with van der Waals surface area (Å²) < 4.78 is 1.42. The normalized spacial score (nSPS) is 10.3. The molecule has 1 aromatic carbocycles. The average molecular weight is 259 g/mol. The van der Waals surface area contributed by atoms with Gasteiger partial charge in [-0.2, -0.15) is 5.10 Å². The Hall–Kier alpha value is -2.01. The molecule has 0 spiro atoms. The van der Waals surface area contributed by atoms with Crippen molar-refractivity contribution >= 4 is 17.2 Å². The Bertz CT molecular complexity index is 631. The van der Waals surface area contributed by atoms with Crippen LogP contribution in [-0.2, 0) is 6.54 Å². The van der Waals surface area contributed by atoms with Gasteiger partial charge in [-0.3, -0.25) is 4.79 Å². The molecule has 0 fully saturated rings. The Kier molecular flexibility index (Phi) is 3.53. The van der Waals surface area contributed by atoms with E-state index in [9.17, 15) is 4.79 Å². The summed E-state index contributed by atoms with van der Waals surface area (Å²) in [6.45, 7) is 2.28. The Morgan fingerprint density at radius 3 is 2.61 bits per heavy atom. The SMILES string of the molecule is Cc1cnn(Cc2ccc(C(N)=S)cc2)c(=O)c1. The molecule has 1 aromatic heterocycles. The van der Waals surface area contributed by atoms with Gasteiger partial charge in [0.05, 0.1) is 12.7 Å². The van der Waals surface area contributed by atoms with Gasteiger partial charge in [-0.05, 0) is 18.1 Å². The van der Waals surface area contributed by atoms with E-state index in [0.29, 0.717) is 11.5 Å². The summed E-state index contributed by atoms with van der Waals surface area (Å²) in [4.78, 5) is 12.0. The van der Waals surface area contributed by atoms with Crippen LogP contribution in [0.4, 0.5) is 0 Å². The molecule has 2 aromatic rings. The van der Waals surface area contributed by atoms with E-state index < -0.39 is 0 Å². The lowest BCUT2D eigenvalue weighted by molar-refractivity contribution is 0.636. The van der Waals surface area contributed by atoms with Gasteiger partial charge in [-0.1, -0.05) is 36.5 Å². The molecule has 1 heterocycles. The number of nitrogens with zero attached hydrogens (tertiary/aromatic N) is 2.